The molecule has 0 spiro atoms. The van der Waals surface area contributed by atoms with Gasteiger partial charge in [-0.15, -0.1) is 0 Å². The number of aromatic amines is 1. The number of imidazole rings is 1. The van der Waals surface area contributed by atoms with Crippen LogP contribution in [0.5, 0.6) is 0 Å². The molecule has 6 heteroatoms. The van der Waals surface area contributed by atoms with Crippen molar-refractivity contribution in [2.24, 2.45) is 0 Å². The predicted octanol–water partition coefficient (Wildman–Crippen LogP) is 4.54. The number of nitrogens with one attached hydrogen (secondary N) is 2. The number of carbonyl (C=O) groups excluding carboxylic acids is 1. The molecule has 0 saturated carbocycles. The highest BCUT2D eigenvalue weighted by molar-refractivity contribution is 6.11. The zero-order valence-electron chi connectivity index (χ0n) is 16.2. The summed E-state index contributed by atoms with van der Waals surface area (Å²) in [4.78, 5) is 22.2. The number of anilines is 1. The van der Waals surface area contributed by atoms with Gasteiger partial charge in [-0.3, -0.25) is 4.79 Å². The normalized spacial score (nSPS) is 17.9. The number of nitrogens with zero attached hydrogens (tertiary/aromatic N) is 2. The molecule has 2 aromatic carbocycles. The van der Waals surface area contributed by atoms with Crippen LogP contribution < -0.4 is 5.32 Å². The zero-order chi connectivity index (χ0) is 19.7. The summed E-state index contributed by atoms with van der Waals surface area (Å²) in [5.41, 5.74) is 2.96. The fourth-order valence-corrected chi connectivity index (χ4v) is 3.97. The van der Waals surface area contributed by atoms with E-state index in [1.54, 1.807) is 30.6 Å². The van der Waals surface area contributed by atoms with Gasteiger partial charge in [0.2, 0.25) is 0 Å². The van der Waals surface area contributed by atoms with E-state index in [0.717, 1.165) is 37.0 Å². The molecule has 1 unspecified atom stereocenters. The van der Waals surface area contributed by atoms with Crippen molar-refractivity contribution in [2.75, 3.05) is 18.4 Å². The lowest BCUT2D eigenvalue weighted by atomic mass is 9.90. The summed E-state index contributed by atoms with van der Waals surface area (Å²) in [6, 6.07) is 11.0. The molecular weight excluding hydrogens is 355 g/mol. The first-order chi connectivity index (χ1) is 13.5. The second-order valence-corrected chi connectivity index (χ2v) is 7.73. The van der Waals surface area contributed by atoms with E-state index in [9.17, 15) is 9.18 Å². The van der Waals surface area contributed by atoms with Gasteiger partial charge in [0.1, 0.15) is 11.3 Å². The van der Waals surface area contributed by atoms with Gasteiger partial charge in [0, 0.05) is 12.6 Å². The summed E-state index contributed by atoms with van der Waals surface area (Å²) in [5.74, 6) is -0.442. The zero-order valence-corrected chi connectivity index (χ0v) is 16.2. The number of amides is 1. The Kier molecular flexibility index (Phi) is 5.13. The van der Waals surface area contributed by atoms with Crippen LogP contribution in [-0.4, -0.2) is 39.9 Å². The first-order valence-corrected chi connectivity index (χ1v) is 9.80. The van der Waals surface area contributed by atoms with Crippen molar-refractivity contribution >= 4 is 22.6 Å². The van der Waals surface area contributed by atoms with Gasteiger partial charge in [-0.05, 0) is 69.0 Å². The Hall–Kier alpha value is -2.73. The Morgan fingerprint density at radius 2 is 2.18 bits per heavy atom. The molecule has 28 heavy (non-hydrogen) atoms. The van der Waals surface area contributed by atoms with Crippen LogP contribution in [0, 0.1) is 5.82 Å². The average Bonchev–Trinajstić information content (AvgIpc) is 3.18. The number of halogens is 1. The lowest BCUT2D eigenvalue weighted by molar-refractivity contribution is 0.102. The van der Waals surface area contributed by atoms with E-state index in [4.69, 9.17) is 0 Å². The van der Waals surface area contributed by atoms with Gasteiger partial charge >= 0.3 is 0 Å². The van der Waals surface area contributed by atoms with E-state index in [2.05, 4.69) is 34.0 Å². The lowest BCUT2D eigenvalue weighted by Gasteiger charge is -2.35. The molecule has 1 fully saturated rings. The summed E-state index contributed by atoms with van der Waals surface area (Å²) in [6.07, 6.45) is 3.73. The molecule has 1 aromatic heterocycles. The van der Waals surface area contributed by atoms with E-state index in [0.29, 0.717) is 23.0 Å². The van der Waals surface area contributed by atoms with Gasteiger partial charge in [0.15, 0.2) is 0 Å². The molecule has 1 aliphatic heterocycles. The van der Waals surface area contributed by atoms with Gasteiger partial charge in [0.25, 0.3) is 5.91 Å². The van der Waals surface area contributed by atoms with Crippen molar-refractivity contribution in [2.45, 2.75) is 38.6 Å². The van der Waals surface area contributed by atoms with E-state index in [1.807, 2.05) is 12.1 Å². The molecule has 2 N–H and O–H groups in total. The molecule has 1 atom stereocenters. The fraction of sp³-hybridized carbons (Fsp3) is 0.364. The van der Waals surface area contributed by atoms with Gasteiger partial charge in [-0.2, -0.15) is 0 Å². The minimum atomic E-state index is -0.401. The van der Waals surface area contributed by atoms with Crippen molar-refractivity contribution in [3.8, 4) is 0 Å². The third-order valence-electron chi connectivity index (χ3n) is 5.59. The fourth-order valence-electron chi connectivity index (χ4n) is 3.97. The highest BCUT2D eigenvalue weighted by Gasteiger charge is 2.24. The smallest absolute Gasteiger partial charge is 0.258 e. The van der Waals surface area contributed by atoms with Gasteiger partial charge in [-0.25, -0.2) is 9.37 Å². The van der Waals surface area contributed by atoms with Crippen molar-refractivity contribution in [3.63, 3.8) is 0 Å². The summed E-state index contributed by atoms with van der Waals surface area (Å²) in [6.45, 7) is 6.44. The van der Waals surface area contributed by atoms with Gasteiger partial charge in [0.05, 0.1) is 23.1 Å². The molecule has 0 bridgehead atoms. The number of hydrogen-bond acceptors (Lipinski definition) is 3. The third kappa shape index (κ3) is 3.64. The van der Waals surface area contributed by atoms with Crippen molar-refractivity contribution in [1.82, 2.24) is 14.9 Å². The monoisotopic (exact) mass is 380 g/mol. The van der Waals surface area contributed by atoms with Crippen LogP contribution in [0.3, 0.4) is 0 Å². The Morgan fingerprint density at radius 1 is 1.32 bits per heavy atom. The topological polar surface area (TPSA) is 61.0 Å². The second-order valence-electron chi connectivity index (χ2n) is 7.73. The number of piperidine rings is 1. The number of fused-ring (bicyclic) bond motifs is 1. The number of para-hydroxylation sites is 1. The Balaban J connectivity index is 1.52. The molecule has 1 saturated heterocycles. The highest BCUT2D eigenvalue weighted by atomic mass is 19.1. The van der Waals surface area contributed by atoms with E-state index >= 15 is 0 Å². The number of rotatable bonds is 4. The molecule has 5 nitrogen and oxygen atoms in total. The van der Waals surface area contributed by atoms with E-state index < -0.39 is 5.82 Å². The molecule has 1 aliphatic rings. The number of hydrogen-bond donors (Lipinski definition) is 2. The maximum absolute atomic E-state index is 14.7. The third-order valence-corrected chi connectivity index (χ3v) is 5.59. The highest BCUT2D eigenvalue weighted by Crippen LogP contribution is 2.30. The molecular formula is C22H25FN4O. The summed E-state index contributed by atoms with van der Waals surface area (Å²) < 4.78 is 14.7. The quantitative estimate of drug-likeness (QED) is 0.698. The Morgan fingerprint density at radius 3 is 2.96 bits per heavy atom. The summed E-state index contributed by atoms with van der Waals surface area (Å²) >= 11 is 0. The van der Waals surface area contributed by atoms with Crippen molar-refractivity contribution < 1.29 is 9.18 Å². The van der Waals surface area contributed by atoms with Crippen molar-refractivity contribution in [1.29, 1.82) is 0 Å². The minimum Gasteiger partial charge on any atom is -0.345 e. The van der Waals surface area contributed by atoms with Gasteiger partial charge in [-0.1, -0.05) is 12.1 Å². The molecule has 4 rings (SSSR count). The molecule has 2 heterocycles. The molecule has 0 aliphatic carbocycles. The second kappa shape index (κ2) is 7.72. The molecule has 3 aromatic rings. The van der Waals surface area contributed by atoms with Gasteiger partial charge < -0.3 is 15.2 Å². The van der Waals surface area contributed by atoms with Crippen LogP contribution in [0.1, 0.15) is 48.5 Å². The molecule has 1 amide bonds. The first-order valence-electron chi connectivity index (χ1n) is 9.80. The van der Waals surface area contributed by atoms with E-state index in [1.165, 1.54) is 0 Å². The van der Waals surface area contributed by atoms with E-state index in [-0.39, 0.29) is 11.6 Å². The minimum absolute atomic E-state index is 0.192. The largest absolute Gasteiger partial charge is 0.345 e. The van der Waals surface area contributed by atoms with Crippen LogP contribution in [0.25, 0.3) is 11.0 Å². The molecule has 0 radical (unpaired) electrons. The first kappa shape index (κ1) is 18.6. The standard InChI is InChI=1S/C22H25FN4O/c1-14(2)27-10-4-5-16(12-27)15-8-9-19(18(23)11-15)26-22(28)17-6-3-7-20-21(17)25-13-24-20/h3,6-9,11,13-14,16H,4-5,10,12H2,1-2H3,(H,24,25)(H,26,28). The molecule has 146 valence electrons. The number of benzene rings is 2. The van der Waals surface area contributed by atoms with Crippen LogP contribution in [0.4, 0.5) is 10.1 Å². The predicted molar refractivity (Wildman–Crippen MR) is 109 cm³/mol. The Labute approximate surface area is 164 Å². The van der Waals surface area contributed by atoms with Crippen LogP contribution in [-0.2, 0) is 0 Å². The number of H-pyrrole nitrogens is 1. The Bertz CT molecular complexity index is 997. The maximum Gasteiger partial charge on any atom is 0.258 e. The number of aromatic nitrogens is 2. The van der Waals surface area contributed by atoms with Crippen molar-refractivity contribution in [3.05, 3.63) is 59.7 Å². The SMILES string of the molecule is CC(C)N1CCCC(c2ccc(NC(=O)c3cccc4[nH]cnc34)c(F)c2)C1. The summed E-state index contributed by atoms with van der Waals surface area (Å²) in [7, 11) is 0. The number of carbonyl (C=O) groups is 1. The summed E-state index contributed by atoms with van der Waals surface area (Å²) in [5, 5.41) is 2.69. The van der Waals surface area contributed by atoms with Crippen LogP contribution in [0.2, 0.25) is 0 Å². The lowest BCUT2D eigenvalue weighted by Crippen LogP contribution is -2.39. The van der Waals surface area contributed by atoms with Crippen LogP contribution >= 0.6 is 0 Å². The average molecular weight is 380 g/mol. The van der Waals surface area contributed by atoms with Crippen LogP contribution in [0.15, 0.2) is 42.7 Å². The number of likely N-dealkylation sites (tertiary alicyclic amines) is 1. The maximum atomic E-state index is 14.7.